The Bertz CT molecular complexity index is 601. The summed E-state index contributed by atoms with van der Waals surface area (Å²) in [6, 6.07) is 2.38. The van der Waals surface area contributed by atoms with E-state index in [0.29, 0.717) is 12.8 Å². The molecule has 0 saturated heterocycles. The molecule has 0 aromatic carbocycles. The maximum atomic E-state index is 12.0. The Balaban J connectivity index is 2.60. The van der Waals surface area contributed by atoms with E-state index in [-0.39, 0.29) is 16.6 Å². The first kappa shape index (κ1) is 21.9. The van der Waals surface area contributed by atoms with E-state index in [4.69, 9.17) is 4.43 Å². The van der Waals surface area contributed by atoms with Gasteiger partial charge in [-0.05, 0) is 56.2 Å². The van der Waals surface area contributed by atoms with Gasteiger partial charge in [0.2, 0.25) is 0 Å². The molecule has 5 atom stereocenters. The van der Waals surface area contributed by atoms with Crippen molar-refractivity contribution >= 4 is 8.32 Å². The van der Waals surface area contributed by atoms with E-state index < -0.39 is 30.9 Å². The van der Waals surface area contributed by atoms with Crippen LogP contribution in [0.1, 0.15) is 74.1 Å². The summed E-state index contributed by atoms with van der Waals surface area (Å²) in [5.41, 5.74) is -3.27. The number of rotatable bonds is 2. The van der Waals surface area contributed by atoms with Gasteiger partial charge in [0.15, 0.2) is 8.32 Å². The van der Waals surface area contributed by atoms with Crippen LogP contribution in [0.15, 0.2) is 0 Å². The topological polar surface area (TPSA) is 73.5 Å². The second-order valence-electron chi connectivity index (χ2n) is 11.4. The third-order valence-corrected chi connectivity index (χ3v) is 12.8. The summed E-state index contributed by atoms with van der Waals surface area (Å²) in [6.45, 7) is 19.0. The van der Waals surface area contributed by atoms with Gasteiger partial charge in [-0.25, -0.2) is 0 Å². The lowest BCUT2D eigenvalue weighted by Crippen LogP contribution is -2.73. The minimum absolute atomic E-state index is 0.0494. The highest BCUT2D eigenvalue weighted by Gasteiger charge is 2.71. The van der Waals surface area contributed by atoms with Crippen molar-refractivity contribution in [1.82, 2.24) is 0 Å². The van der Waals surface area contributed by atoms with Crippen LogP contribution in [0.3, 0.4) is 0 Å². The summed E-state index contributed by atoms with van der Waals surface area (Å²) in [6.07, 6.45) is 2.38. The Morgan fingerprint density at radius 2 is 1.58 bits per heavy atom. The lowest BCUT2D eigenvalue weighted by atomic mass is 9.42. The van der Waals surface area contributed by atoms with Crippen molar-refractivity contribution in [3.63, 3.8) is 0 Å². The summed E-state index contributed by atoms with van der Waals surface area (Å²) < 4.78 is 6.82. The molecule has 2 aliphatic carbocycles. The van der Waals surface area contributed by atoms with E-state index in [0.717, 1.165) is 12.8 Å². The van der Waals surface area contributed by atoms with E-state index in [9.17, 15) is 15.5 Å². The van der Waals surface area contributed by atoms with Crippen molar-refractivity contribution in [3.8, 4) is 6.07 Å². The SMILES string of the molecule is CC1(C)CC[C@@H](O[Si](C)(C)C(C)(C)C)[C@]2(C)[C@H](C#N)[C@](C)(O)CC[C@@]12O. The first-order valence-corrected chi connectivity index (χ1v) is 12.9. The smallest absolute Gasteiger partial charge is 0.192 e. The lowest BCUT2D eigenvalue weighted by molar-refractivity contribution is -0.282. The lowest BCUT2D eigenvalue weighted by Gasteiger charge is -2.67. The van der Waals surface area contributed by atoms with E-state index >= 15 is 0 Å². The van der Waals surface area contributed by atoms with Crippen LogP contribution in [0.2, 0.25) is 18.1 Å². The van der Waals surface area contributed by atoms with E-state index in [2.05, 4.69) is 53.8 Å². The van der Waals surface area contributed by atoms with Crippen LogP contribution in [0, 0.1) is 28.1 Å². The molecule has 0 radical (unpaired) electrons. The molecule has 0 amide bonds. The van der Waals surface area contributed by atoms with Gasteiger partial charge < -0.3 is 14.6 Å². The van der Waals surface area contributed by atoms with Crippen LogP contribution in [-0.4, -0.2) is 35.8 Å². The molecule has 0 spiro atoms. The number of nitriles is 1. The Kier molecular flexibility index (Phi) is 5.08. The normalized spacial score (nSPS) is 43.5. The molecular weight excluding hydrogens is 342 g/mol. The second kappa shape index (κ2) is 6.04. The molecule has 5 heteroatoms. The third-order valence-electron chi connectivity index (χ3n) is 8.30. The second-order valence-corrected chi connectivity index (χ2v) is 16.1. The molecule has 0 bridgehead atoms. The van der Waals surface area contributed by atoms with Gasteiger partial charge in [-0.1, -0.05) is 41.5 Å². The fraction of sp³-hybridized carbons (Fsp3) is 0.952. The molecule has 0 aromatic rings. The zero-order chi connectivity index (χ0) is 20.4. The van der Waals surface area contributed by atoms with E-state index in [1.807, 2.05) is 6.92 Å². The minimum atomic E-state index is -2.09. The molecule has 26 heavy (non-hydrogen) atoms. The van der Waals surface area contributed by atoms with Crippen LogP contribution in [0.5, 0.6) is 0 Å². The van der Waals surface area contributed by atoms with Gasteiger partial charge in [0.05, 0.1) is 29.3 Å². The monoisotopic (exact) mass is 381 g/mol. The van der Waals surface area contributed by atoms with Gasteiger partial charge in [-0.2, -0.15) is 5.26 Å². The molecule has 0 aliphatic heterocycles. The van der Waals surface area contributed by atoms with Gasteiger partial charge in [0.1, 0.15) is 0 Å². The standard InChI is InChI=1S/C21H39NO3Si/c1-17(2,3)26(8,9)25-16-10-11-18(4,5)21(24)13-12-19(6,23)15(14-22)20(16,21)7/h15-16,23-24H,10-13H2,1-9H3/t15-,16-,19-,20+,21-/m1/s1. The average Bonchev–Trinajstić information content (AvgIpc) is 2.45. The van der Waals surface area contributed by atoms with Crippen LogP contribution >= 0.6 is 0 Å². The fourth-order valence-corrected chi connectivity index (χ4v) is 6.67. The maximum Gasteiger partial charge on any atom is 0.192 e. The first-order valence-electron chi connectivity index (χ1n) is 9.98. The van der Waals surface area contributed by atoms with Crippen molar-refractivity contribution in [1.29, 1.82) is 5.26 Å². The molecule has 2 saturated carbocycles. The summed E-state index contributed by atoms with van der Waals surface area (Å²) in [7, 11) is -2.09. The molecule has 4 nitrogen and oxygen atoms in total. The van der Waals surface area contributed by atoms with Crippen LogP contribution in [0.25, 0.3) is 0 Å². The predicted molar refractivity (Wildman–Crippen MR) is 107 cm³/mol. The number of aliphatic hydroxyl groups is 2. The van der Waals surface area contributed by atoms with Crippen LogP contribution in [-0.2, 0) is 4.43 Å². The molecule has 2 fully saturated rings. The number of hydrogen-bond donors (Lipinski definition) is 2. The number of nitrogens with zero attached hydrogens (tertiary/aromatic N) is 1. The molecule has 2 aliphatic rings. The molecule has 150 valence electrons. The Morgan fingerprint density at radius 3 is 2.04 bits per heavy atom. The summed E-state index contributed by atoms with van der Waals surface area (Å²) in [4.78, 5) is 0. The third kappa shape index (κ3) is 2.88. The summed E-state index contributed by atoms with van der Waals surface area (Å²) in [5, 5.41) is 33.1. The summed E-state index contributed by atoms with van der Waals surface area (Å²) >= 11 is 0. The van der Waals surface area contributed by atoms with Gasteiger partial charge in [0, 0.05) is 5.41 Å². The van der Waals surface area contributed by atoms with Crippen molar-refractivity contribution < 1.29 is 14.6 Å². The van der Waals surface area contributed by atoms with Gasteiger partial charge in [0.25, 0.3) is 0 Å². The van der Waals surface area contributed by atoms with E-state index in [1.54, 1.807) is 6.92 Å². The van der Waals surface area contributed by atoms with Gasteiger partial charge >= 0.3 is 0 Å². The first-order chi connectivity index (χ1) is 11.5. The molecular formula is C21H39NO3Si. The fourth-order valence-electron chi connectivity index (χ4n) is 5.24. The minimum Gasteiger partial charge on any atom is -0.413 e. The molecule has 0 aromatic heterocycles. The van der Waals surface area contributed by atoms with Gasteiger partial charge in [-0.3, -0.25) is 0 Å². The maximum absolute atomic E-state index is 12.0. The molecule has 0 heterocycles. The van der Waals surface area contributed by atoms with Crippen molar-refractivity contribution in [2.45, 2.75) is 110 Å². The van der Waals surface area contributed by atoms with Gasteiger partial charge in [-0.15, -0.1) is 0 Å². The highest BCUT2D eigenvalue weighted by Crippen LogP contribution is 2.65. The van der Waals surface area contributed by atoms with Crippen molar-refractivity contribution in [3.05, 3.63) is 0 Å². The van der Waals surface area contributed by atoms with E-state index in [1.165, 1.54) is 0 Å². The molecule has 2 N–H and O–H groups in total. The zero-order valence-corrected chi connectivity index (χ0v) is 19.2. The Morgan fingerprint density at radius 1 is 1.04 bits per heavy atom. The highest BCUT2D eigenvalue weighted by atomic mass is 28.4. The predicted octanol–water partition coefficient (Wildman–Crippen LogP) is 4.62. The highest BCUT2D eigenvalue weighted by molar-refractivity contribution is 6.74. The zero-order valence-electron chi connectivity index (χ0n) is 18.2. The molecule has 0 unspecified atom stereocenters. The quantitative estimate of drug-likeness (QED) is 0.685. The number of fused-ring (bicyclic) bond motifs is 1. The largest absolute Gasteiger partial charge is 0.413 e. The average molecular weight is 382 g/mol. The Labute approximate surface area is 161 Å². The Hall–Kier alpha value is -0.413. The van der Waals surface area contributed by atoms with Crippen molar-refractivity contribution in [2.24, 2.45) is 16.7 Å². The molecule has 2 rings (SSSR count). The van der Waals surface area contributed by atoms with Crippen LogP contribution < -0.4 is 0 Å². The number of hydrogen-bond acceptors (Lipinski definition) is 4. The van der Waals surface area contributed by atoms with Crippen molar-refractivity contribution in [2.75, 3.05) is 0 Å². The van der Waals surface area contributed by atoms with Crippen LogP contribution in [0.4, 0.5) is 0 Å². The summed E-state index contributed by atoms with van der Waals surface area (Å²) in [5.74, 6) is -0.664.